The van der Waals surface area contributed by atoms with E-state index in [2.05, 4.69) is 15.1 Å². The fourth-order valence-corrected chi connectivity index (χ4v) is 9.34. The van der Waals surface area contributed by atoms with Crippen LogP contribution in [0.4, 0.5) is 19.0 Å². The molecule has 6 rings (SSSR count). The number of carbonyl (C=O) groups excluding carboxylic acids is 1. The lowest BCUT2D eigenvalue weighted by Gasteiger charge is -2.35. The van der Waals surface area contributed by atoms with Crippen LogP contribution in [0.1, 0.15) is 43.7 Å². The summed E-state index contributed by atoms with van der Waals surface area (Å²) in [5.41, 5.74) is -0.179. The molecule has 0 spiro atoms. The topological polar surface area (TPSA) is 85.8 Å². The first-order valence-corrected chi connectivity index (χ1v) is 17.7. The summed E-state index contributed by atoms with van der Waals surface area (Å²) in [6.07, 6.45) is -1.07. The van der Waals surface area contributed by atoms with E-state index >= 15 is 0 Å². The van der Waals surface area contributed by atoms with Gasteiger partial charge in [0.05, 0.1) is 15.6 Å². The van der Waals surface area contributed by atoms with Crippen molar-refractivity contribution in [2.24, 2.45) is 5.92 Å². The lowest BCUT2D eigenvalue weighted by molar-refractivity contribution is -0.137. The maximum absolute atomic E-state index is 13.6. The molecule has 0 unspecified atom stereocenters. The Kier molecular flexibility index (Phi) is 8.94. The average Bonchev–Trinajstić information content (AvgIpc) is 3.95. The van der Waals surface area contributed by atoms with Gasteiger partial charge in [-0.3, -0.25) is 9.69 Å². The number of likely N-dealkylation sites (N-methyl/N-ethyl adjacent to an activating group) is 1. The number of nitrogens with one attached hydrogen (secondary N) is 1. The summed E-state index contributed by atoms with van der Waals surface area (Å²) in [5, 5.41) is 2.95. The number of aromatic nitrogens is 1. The molecule has 3 fully saturated rings. The van der Waals surface area contributed by atoms with E-state index in [1.54, 1.807) is 13.0 Å². The number of amides is 1. The number of sulfonamides is 1. The van der Waals surface area contributed by atoms with Gasteiger partial charge in [-0.1, -0.05) is 30.7 Å². The van der Waals surface area contributed by atoms with Gasteiger partial charge in [0.1, 0.15) is 15.6 Å². The second kappa shape index (κ2) is 12.5. The van der Waals surface area contributed by atoms with Gasteiger partial charge in [0.15, 0.2) is 0 Å². The Bertz CT molecular complexity index is 1650. The molecule has 1 aliphatic heterocycles. The third-order valence-corrected chi connectivity index (χ3v) is 12.5. The third-order valence-electron chi connectivity index (χ3n) is 8.75. The smallest absolute Gasteiger partial charge is 0.354 e. The summed E-state index contributed by atoms with van der Waals surface area (Å²) in [5.74, 6) is 1.10. The minimum absolute atomic E-state index is 0.0885. The minimum atomic E-state index is -4.45. The van der Waals surface area contributed by atoms with E-state index in [1.807, 2.05) is 6.07 Å². The van der Waals surface area contributed by atoms with Crippen molar-refractivity contribution in [3.63, 3.8) is 0 Å². The van der Waals surface area contributed by atoms with Crippen molar-refractivity contribution in [2.75, 3.05) is 44.2 Å². The molecule has 0 radical (unpaired) electrons. The summed E-state index contributed by atoms with van der Waals surface area (Å²) in [4.78, 5) is 23.1. The zero-order chi connectivity index (χ0) is 32.0. The molecule has 0 bridgehead atoms. The maximum Gasteiger partial charge on any atom is 0.416 e. The molecule has 3 aliphatic rings. The number of rotatable bonds is 11. The highest BCUT2D eigenvalue weighted by Gasteiger charge is 2.58. The van der Waals surface area contributed by atoms with Gasteiger partial charge >= 0.3 is 6.18 Å². The van der Waals surface area contributed by atoms with Gasteiger partial charge in [-0.2, -0.15) is 17.5 Å². The van der Waals surface area contributed by atoms with Gasteiger partial charge in [0.2, 0.25) is 5.91 Å². The number of thiophene rings is 1. The van der Waals surface area contributed by atoms with Gasteiger partial charge in [0, 0.05) is 51.4 Å². The van der Waals surface area contributed by atoms with Crippen LogP contribution in [0.5, 0.6) is 0 Å². The predicted molar refractivity (Wildman–Crippen MR) is 169 cm³/mol. The Balaban J connectivity index is 1.23. The molecule has 2 saturated carbocycles. The van der Waals surface area contributed by atoms with Crippen molar-refractivity contribution in [3.05, 3.63) is 64.0 Å². The molecule has 2 aliphatic carbocycles. The molecule has 45 heavy (non-hydrogen) atoms. The standard InChI is InChI=1S/C31H35ClF3N5O3S2/c1-2-40(45(42,43)28-10-9-26(32)44-28)30(11-12-30)29(41)36-19-22-17-25(23-5-7-24(8-6-23)31(33,34)35)37-27(18-22)39-15-13-38(14-16-39)20-21-3-4-21/h5-10,17-18,21H,2-4,11-16,19-20H2,1H3,(H,36,41). The van der Waals surface area contributed by atoms with Gasteiger partial charge in [0.25, 0.3) is 10.0 Å². The number of anilines is 1. The number of nitrogens with zero attached hydrogens (tertiary/aromatic N) is 4. The van der Waals surface area contributed by atoms with E-state index in [0.717, 1.165) is 67.7 Å². The number of pyridine rings is 1. The normalized spacial score (nSPS) is 18.8. The van der Waals surface area contributed by atoms with Crippen molar-refractivity contribution in [1.29, 1.82) is 0 Å². The zero-order valence-corrected chi connectivity index (χ0v) is 27.2. The first-order valence-electron chi connectivity index (χ1n) is 15.1. The molecule has 3 heterocycles. The maximum atomic E-state index is 13.6. The molecule has 2 aromatic heterocycles. The van der Waals surface area contributed by atoms with Gasteiger partial charge < -0.3 is 10.2 Å². The van der Waals surface area contributed by atoms with Crippen molar-refractivity contribution < 1.29 is 26.4 Å². The summed E-state index contributed by atoms with van der Waals surface area (Å²) < 4.78 is 68.3. The summed E-state index contributed by atoms with van der Waals surface area (Å²) >= 11 is 6.96. The molecule has 1 aromatic carbocycles. The van der Waals surface area contributed by atoms with E-state index in [0.29, 0.717) is 34.3 Å². The van der Waals surface area contributed by atoms with Crippen LogP contribution < -0.4 is 10.2 Å². The Labute approximate surface area is 270 Å². The van der Waals surface area contributed by atoms with Crippen molar-refractivity contribution in [3.8, 4) is 11.3 Å². The molecule has 242 valence electrons. The predicted octanol–water partition coefficient (Wildman–Crippen LogP) is 5.87. The molecule has 3 aromatic rings. The number of halogens is 4. The molecule has 1 N–H and O–H groups in total. The highest BCUT2D eigenvalue weighted by Crippen LogP contribution is 2.46. The van der Waals surface area contributed by atoms with Crippen molar-refractivity contribution >= 4 is 44.7 Å². The number of benzene rings is 1. The Hall–Kier alpha value is -2.71. The largest absolute Gasteiger partial charge is 0.416 e. The molecule has 8 nitrogen and oxygen atoms in total. The van der Waals surface area contributed by atoms with E-state index < -0.39 is 33.2 Å². The van der Waals surface area contributed by atoms with Gasteiger partial charge in [-0.25, -0.2) is 13.4 Å². The van der Waals surface area contributed by atoms with Crippen molar-refractivity contribution in [2.45, 2.75) is 55.1 Å². The van der Waals surface area contributed by atoms with Crippen LogP contribution in [0.15, 0.2) is 52.7 Å². The van der Waals surface area contributed by atoms with E-state index in [4.69, 9.17) is 16.6 Å². The second-order valence-corrected chi connectivity index (χ2v) is 15.8. The van der Waals surface area contributed by atoms with Gasteiger partial charge in [-0.05, 0) is 73.6 Å². The highest BCUT2D eigenvalue weighted by molar-refractivity contribution is 7.91. The van der Waals surface area contributed by atoms with Crippen LogP contribution in [0.2, 0.25) is 4.34 Å². The zero-order valence-electron chi connectivity index (χ0n) is 24.8. The summed E-state index contributed by atoms with van der Waals surface area (Å²) in [6, 6.07) is 11.5. The minimum Gasteiger partial charge on any atom is -0.354 e. The van der Waals surface area contributed by atoms with Crippen LogP contribution in [0.3, 0.4) is 0 Å². The van der Waals surface area contributed by atoms with Crippen molar-refractivity contribution in [1.82, 2.24) is 19.5 Å². The van der Waals surface area contributed by atoms with Gasteiger partial charge in [-0.15, -0.1) is 11.3 Å². The SMILES string of the molecule is CCN(C1(C(=O)NCc2cc(-c3ccc(C(F)(F)F)cc3)nc(N3CCN(CC4CC4)CC3)c2)CC1)S(=O)(=O)c1ccc(Cl)s1. The fourth-order valence-electron chi connectivity index (χ4n) is 5.94. The third kappa shape index (κ3) is 7.02. The summed E-state index contributed by atoms with van der Waals surface area (Å²) in [7, 11) is -3.93. The van der Waals surface area contributed by atoms with E-state index in [1.165, 1.54) is 41.4 Å². The molecular weight excluding hydrogens is 647 g/mol. The highest BCUT2D eigenvalue weighted by atomic mass is 35.5. The number of carbonyl (C=O) groups is 1. The molecule has 1 amide bonds. The average molecular weight is 682 g/mol. The molecule has 0 atom stereocenters. The quantitative estimate of drug-likeness (QED) is 0.273. The monoisotopic (exact) mass is 681 g/mol. The Morgan fingerprint density at radius 1 is 1.09 bits per heavy atom. The van der Waals surface area contributed by atoms with Crippen LogP contribution in [0, 0.1) is 5.92 Å². The molecule has 1 saturated heterocycles. The lowest BCUT2D eigenvalue weighted by Crippen LogP contribution is -2.51. The number of hydrogen-bond acceptors (Lipinski definition) is 7. The summed E-state index contributed by atoms with van der Waals surface area (Å²) in [6.45, 7) is 6.36. The second-order valence-electron chi connectivity index (χ2n) is 12.0. The lowest BCUT2D eigenvalue weighted by atomic mass is 10.1. The Morgan fingerprint density at radius 3 is 2.33 bits per heavy atom. The molecular formula is C31H35ClF3N5O3S2. The number of hydrogen-bond donors (Lipinski definition) is 1. The first kappa shape index (κ1) is 32.2. The number of piperazine rings is 1. The fraction of sp³-hybridized carbons (Fsp3) is 0.484. The van der Waals surface area contributed by atoms with Crippen LogP contribution in [0.25, 0.3) is 11.3 Å². The van der Waals surface area contributed by atoms with E-state index in [9.17, 15) is 26.4 Å². The number of alkyl halides is 3. The van der Waals surface area contributed by atoms with Crippen LogP contribution in [-0.2, 0) is 27.5 Å². The van der Waals surface area contributed by atoms with Crippen LogP contribution >= 0.6 is 22.9 Å². The van der Waals surface area contributed by atoms with E-state index in [-0.39, 0.29) is 17.3 Å². The Morgan fingerprint density at radius 2 is 1.78 bits per heavy atom. The molecule has 14 heteroatoms. The first-order chi connectivity index (χ1) is 21.4. The van der Waals surface area contributed by atoms with Crippen LogP contribution in [-0.4, -0.2) is 73.3 Å².